The van der Waals surface area contributed by atoms with Crippen LogP contribution in [0.25, 0.3) is 0 Å². The number of nitrogens with two attached hydrogens (primary N) is 1. The Morgan fingerprint density at radius 2 is 2.20 bits per heavy atom. The van der Waals surface area contributed by atoms with E-state index in [9.17, 15) is 10.0 Å². The van der Waals surface area contributed by atoms with Crippen LogP contribution < -0.4 is 10.8 Å². The van der Waals surface area contributed by atoms with Crippen molar-refractivity contribution in [2.24, 2.45) is 5.73 Å². The first kappa shape index (κ1) is 12.4. The molecule has 82 valence electrons. The Bertz CT molecular complexity index is 400. The Morgan fingerprint density at radius 3 is 2.87 bits per heavy atom. The summed E-state index contributed by atoms with van der Waals surface area (Å²) in [7, 11) is 0. The van der Waals surface area contributed by atoms with Gasteiger partial charge in [0.25, 0.3) is 5.91 Å². The Labute approximate surface area is 102 Å². The van der Waals surface area contributed by atoms with Gasteiger partial charge in [-0.1, -0.05) is 22.0 Å². The maximum atomic E-state index is 11.3. The molecule has 1 aliphatic rings. The molecule has 2 rings (SSSR count). The van der Waals surface area contributed by atoms with E-state index in [2.05, 4.69) is 15.9 Å². The van der Waals surface area contributed by atoms with Gasteiger partial charge in [0.2, 0.25) is 0 Å². The second kappa shape index (κ2) is 4.49. The van der Waals surface area contributed by atoms with Crippen LogP contribution in [0.2, 0.25) is 0 Å². The highest BCUT2D eigenvalue weighted by atomic mass is 79.9. The molecule has 1 aromatic rings. The lowest BCUT2D eigenvalue weighted by Crippen LogP contribution is -2.47. The van der Waals surface area contributed by atoms with E-state index < -0.39 is 11.9 Å². The third kappa shape index (κ3) is 2.15. The normalized spacial score (nSPS) is 19.5. The molecule has 1 unspecified atom stereocenters. The zero-order valence-electron chi connectivity index (χ0n) is 7.68. The lowest BCUT2D eigenvalue weighted by Gasteiger charge is -2.27. The molecular formula is C9H10BrClN2O2. The summed E-state index contributed by atoms with van der Waals surface area (Å²) in [5.41, 5.74) is 6.94. The fourth-order valence-electron chi connectivity index (χ4n) is 1.51. The highest BCUT2D eigenvalue weighted by molar-refractivity contribution is 9.10. The number of rotatable bonds is 0. The van der Waals surface area contributed by atoms with Crippen LogP contribution in [0.15, 0.2) is 22.7 Å². The van der Waals surface area contributed by atoms with Gasteiger partial charge < -0.3 is 5.73 Å². The molecule has 1 heterocycles. The van der Waals surface area contributed by atoms with E-state index in [-0.39, 0.29) is 12.4 Å². The van der Waals surface area contributed by atoms with Gasteiger partial charge in [-0.05, 0) is 24.1 Å². The average molecular weight is 294 g/mol. The number of fused-ring (bicyclic) bond motifs is 1. The van der Waals surface area contributed by atoms with Crippen LogP contribution in [0.3, 0.4) is 0 Å². The second-order valence-corrected chi connectivity index (χ2v) is 4.15. The van der Waals surface area contributed by atoms with Crippen LogP contribution in [-0.2, 0) is 11.2 Å². The van der Waals surface area contributed by atoms with Crippen molar-refractivity contribution in [1.82, 2.24) is 0 Å². The van der Waals surface area contributed by atoms with E-state index in [1.807, 2.05) is 12.1 Å². The molecule has 3 N–H and O–H groups in total. The number of hydrogen-bond acceptors (Lipinski definition) is 3. The minimum Gasteiger partial charge on any atom is -0.320 e. The van der Waals surface area contributed by atoms with Crippen LogP contribution in [-0.4, -0.2) is 17.2 Å². The summed E-state index contributed by atoms with van der Waals surface area (Å²) in [5, 5.41) is 10.1. The Hall–Kier alpha value is -0.620. The van der Waals surface area contributed by atoms with Crippen LogP contribution in [0.4, 0.5) is 5.69 Å². The van der Waals surface area contributed by atoms with Crippen molar-refractivity contribution in [3.63, 3.8) is 0 Å². The van der Waals surface area contributed by atoms with Crippen molar-refractivity contribution < 1.29 is 10.0 Å². The van der Waals surface area contributed by atoms with E-state index in [4.69, 9.17) is 5.73 Å². The molecule has 0 aromatic heterocycles. The van der Waals surface area contributed by atoms with Gasteiger partial charge in [0.15, 0.2) is 0 Å². The molecule has 0 saturated carbocycles. The molecule has 1 atom stereocenters. The molecule has 0 radical (unpaired) electrons. The molecule has 4 nitrogen and oxygen atoms in total. The summed E-state index contributed by atoms with van der Waals surface area (Å²) < 4.78 is 0.818. The molecular weight excluding hydrogens is 283 g/mol. The molecule has 0 bridgehead atoms. The number of hydroxylamine groups is 1. The van der Waals surface area contributed by atoms with Gasteiger partial charge >= 0.3 is 0 Å². The van der Waals surface area contributed by atoms with Gasteiger partial charge in [-0.2, -0.15) is 5.06 Å². The third-order valence-electron chi connectivity index (χ3n) is 2.24. The Balaban J connectivity index is 0.00000112. The molecule has 0 aliphatic carbocycles. The molecule has 1 aliphatic heterocycles. The quantitative estimate of drug-likeness (QED) is 0.712. The molecule has 1 amide bonds. The first-order chi connectivity index (χ1) is 6.59. The maximum Gasteiger partial charge on any atom is 0.267 e. The van der Waals surface area contributed by atoms with Gasteiger partial charge in [-0.15, -0.1) is 12.4 Å². The number of carbonyl (C=O) groups is 1. The van der Waals surface area contributed by atoms with Crippen molar-refractivity contribution in [3.05, 3.63) is 28.2 Å². The zero-order valence-corrected chi connectivity index (χ0v) is 10.1. The monoisotopic (exact) mass is 292 g/mol. The standard InChI is InChI=1S/C9H9BrN2O2.ClH/c10-6-2-1-5-3-7(11)9(13)12(14)8(5)4-6;/h1-2,4,7,14H,3,11H2;1H. The second-order valence-electron chi connectivity index (χ2n) is 3.23. The summed E-state index contributed by atoms with van der Waals surface area (Å²) in [6.07, 6.45) is 0.471. The maximum absolute atomic E-state index is 11.3. The third-order valence-corrected chi connectivity index (χ3v) is 2.73. The SMILES string of the molecule is Cl.NC1Cc2ccc(Br)cc2N(O)C1=O. The topological polar surface area (TPSA) is 66.6 Å². The van der Waals surface area contributed by atoms with Crippen molar-refractivity contribution in [1.29, 1.82) is 0 Å². The largest absolute Gasteiger partial charge is 0.320 e. The van der Waals surface area contributed by atoms with Gasteiger partial charge in [-0.3, -0.25) is 10.0 Å². The van der Waals surface area contributed by atoms with Crippen LogP contribution in [0.5, 0.6) is 0 Å². The summed E-state index contributed by atoms with van der Waals surface area (Å²) >= 11 is 3.27. The summed E-state index contributed by atoms with van der Waals surface area (Å²) in [6.45, 7) is 0. The minimum absolute atomic E-state index is 0. The number of nitrogens with zero attached hydrogens (tertiary/aromatic N) is 1. The lowest BCUT2D eigenvalue weighted by atomic mass is 9.99. The van der Waals surface area contributed by atoms with Crippen LogP contribution in [0, 0.1) is 0 Å². The lowest BCUT2D eigenvalue weighted by molar-refractivity contribution is -0.125. The zero-order chi connectivity index (χ0) is 10.3. The number of anilines is 1. The van der Waals surface area contributed by atoms with Gasteiger partial charge in [0.05, 0.1) is 11.7 Å². The van der Waals surface area contributed by atoms with Gasteiger partial charge in [0, 0.05) is 4.47 Å². The number of amides is 1. The molecule has 0 spiro atoms. The van der Waals surface area contributed by atoms with E-state index in [0.717, 1.165) is 10.0 Å². The first-order valence-electron chi connectivity index (χ1n) is 4.16. The summed E-state index contributed by atoms with van der Waals surface area (Å²) in [4.78, 5) is 11.3. The molecule has 15 heavy (non-hydrogen) atoms. The Kier molecular flexibility index (Phi) is 3.72. The number of benzene rings is 1. The van der Waals surface area contributed by atoms with Crippen molar-refractivity contribution in [2.45, 2.75) is 12.5 Å². The Morgan fingerprint density at radius 1 is 1.53 bits per heavy atom. The molecule has 0 fully saturated rings. The van der Waals surface area contributed by atoms with Crippen LogP contribution >= 0.6 is 28.3 Å². The highest BCUT2D eigenvalue weighted by Gasteiger charge is 2.29. The smallest absolute Gasteiger partial charge is 0.267 e. The predicted octanol–water partition coefficient (Wildman–Crippen LogP) is 1.48. The average Bonchev–Trinajstić information content (AvgIpc) is 2.16. The van der Waals surface area contributed by atoms with Crippen molar-refractivity contribution in [2.75, 3.05) is 5.06 Å². The van der Waals surface area contributed by atoms with E-state index in [0.29, 0.717) is 17.2 Å². The molecule has 0 saturated heterocycles. The van der Waals surface area contributed by atoms with E-state index >= 15 is 0 Å². The molecule has 1 aromatic carbocycles. The first-order valence-corrected chi connectivity index (χ1v) is 4.96. The summed E-state index contributed by atoms with van der Waals surface area (Å²) in [5.74, 6) is -0.462. The predicted molar refractivity (Wildman–Crippen MR) is 62.3 cm³/mol. The number of hydrogen-bond donors (Lipinski definition) is 2. The van der Waals surface area contributed by atoms with Crippen molar-refractivity contribution in [3.8, 4) is 0 Å². The number of carbonyl (C=O) groups excluding carboxylic acids is 1. The van der Waals surface area contributed by atoms with Gasteiger partial charge in [0.1, 0.15) is 0 Å². The molecule has 6 heteroatoms. The fourth-order valence-corrected chi connectivity index (χ4v) is 1.86. The highest BCUT2D eigenvalue weighted by Crippen LogP contribution is 2.28. The number of halogens is 2. The van der Waals surface area contributed by atoms with Crippen LogP contribution in [0.1, 0.15) is 5.56 Å². The van der Waals surface area contributed by atoms with E-state index in [1.165, 1.54) is 0 Å². The van der Waals surface area contributed by atoms with Crippen molar-refractivity contribution >= 4 is 39.9 Å². The van der Waals surface area contributed by atoms with E-state index in [1.54, 1.807) is 6.07 Å². The minimum atomic E-state index is -0.645. The van der Waals surface area contributed by atoms with Gasteiger partial charge in [-0.25, -0.2) is 0 Å². The summed E-state index contributed by atoms with van der Waals surface area (Å²) in [6, 6.07) is 4.75. The fraction of sp³-hybridized carbons (Fsp3) is 0.222.